The zero-order valence-electron chi connectivity index (χ0n) is 40.9. The van der Waals surface area contributed by atoms with E-state index < -0.39 is 21.8 Å². The number of nitriles is 2. The van der Waals surface area contributed by atoms with Crippen molar-refractivity contribution in [2.75, 3.05) is 107 Å². The number of nitrogens with two attached hydrogens (primary N) is 1. The smallest absolute Gasteiger partial charge is 1.00 e. The minimum absolute atomic E-state index is 0. The molecule has 0 atom stereocenters. The van der Waals surface area contributed by atoms with E-state index in [1.165, 1.54) is 20.5 Å². The van der Waals surface area contributed by atoms with E-state index in [0.717, 1.165) is 39.3 Å². The minimum atomic E-state index is -3.11. The molecule has 3 aliphatic heterocycles. The number of ether oxygens (including phenoxy) is 4. The predicted molar refractivity (Wildman–Crippen MR) is 225 cm³/mol. The largest absolute Gasteiger partial charge is 1.00 e. The Balaban J connectivity index is -0.0000000722. The zero-order valence-corrected chi connectivity index (χ0v) is 51.5. The van der Waals surface area contributed by atoms with Crippen LogP contribution in [0.25, 0.3) is 0 Å². The monoisotopic (exact) mass is 1440 g/mol. The Hall–Kier alpha value is -1.68. The molecule has 3 saturated heterocycles. The van der Waals surface area contributed by atoms with Crippen molar-refractivity contribution in [3.63, 3.8) is 0 Å². The van der Waals surface area contributed by atoms with Crippen molar-refractivity contribution in [1.29, 1.82) is 10.5 Å². The molecule has 26 heteroatoms. The van der Waals surface area contributed by atoms with Crippen molar-refractivity contribution in [2.24, 2.45) is 10.7 Å². The van der Waals surface area contributed by atoms with Gasteiger partial charge >= 0.3 is 58.4 Å². The molecule has 3 rings (SSSR count). The molecule has 0 spiro atoms. The van der Waals surface area contributed by atoms with E-state index in [2.05, 4.69) is 33.9 Å². The average Bonchev–Trinajstić information content (AvgIpc) is 3.13. The maximum Gasteiger partial charge on any atom is 1.00 e. The van der Waals surface area contributed by atoms with Crippen LogP contribution in [0.2, 0.25) is 0 Å². The standard InChI is InChI=1S/C11H20N3O2.C11H18N3O2.C9H18N2O2.C2H3N.C2H6O.CH5N.CHO.Na.O3S.3W.H/c1-11(2,3)16-10(15)14-7-5-13(6-8-14)9-12-4;1-11(2,3)16-10(15)14-8-6-13(5-4-12)7-9-14;1-9(2,3)13-8(12)11-6-4-10-5-7-11;1-2-3;1-3-2;2*1-2;;1-4(2)3;;;;/h5-8H2,1-4H3;5H,6-9H2,1-3H3;10H,4-7H2,1-3H3;1H3;1-2H3;2H2,1H3;1H;;;;;;/q2*-1;;;;;-1;+1;;;;;-1. The van der Waals surface area contributed by atoms with Crippen LogP contribution in [-0.2, 0) is 97.5 Å². The van der Waals surface area contributed by atoms with Gasteiger partial charge in [-0.05, 0) is 89.5 Å². The van der Waals surface area contributed by atoms with Crippen LogP contribution in [0, 0.1) is 29.2 Å². The molecule has 364 valence electrons. The number of hydrogen-bond donors (Lipinski definition) is 2. The predicted octanol–water partition coefficient (Wildman–Crippen LogP) is -0.676. The van der Waals surface area contributed by atoms with Crippen LogP contribution in [0.5, 0.6) is 0 Å². The second-order valence-electron chi connectivity index (χ2n) is 14.6. The van der Waals surface area contributed by atoms with Crippen molar-refractivity contribution in [3.05, 3.63) is 6.54 Å². The molecule has 0 aromatic heterocycles. The molecule has 0 aromatic carbocycles. The molecular formula is C37H72N10NaO11SW3-3. The summed E-state index contributed by atoms with van der Waals surface area (Å²) in [5.74, 6) is 0. The molecular weight excluding hydrogens is 1370 g/mol. The summed E-state index contributed by atoms with van der Waals surface area (Å²) in [6.45, 7) is 31.6. The maximum absolute atomic E-state index is 11.7. The number of methoxy groups -OCH3 is 1. The maximum atomic E-state index is 11.7. The Labute approximate surface area is 445 Å². The topological polar surface area (TPSA) is 271 Å². The zero-order chi connectivity index (χ0) is 47.3. The molecule has 3 amide bonds. The fourth-order valence-corrected chi connectivity index (χ4v) is 4.07. The van der Waals surface area contributed by atoms with Crippen molar-refractivity contribution in [1.82, 2.24) is 29.8 Å². The number of amides is 3. The van der Waals surface area contributed by atoms with Gasteiger partial charge in [0.15, 0.2) is 0 Å². The first-order valence-corrected chi connectivity index (χ1v) is 19.4. The Morgan fingerprint density at radius 3 is 1.19 bits per heavy atom. The van der Waals surface area contributed by atoms with Crippen LogP contribution < -0.4 is 40.6 Å². The second kappa shape index (κ2) is 49.8. The molecule has 0 bridgehead atoms. The summed E-state index contributed by atoms with van der Waals surface area (Å²) in [5, 5.41) is 19.0. The van der Waals surface area contributed by atoms with Crippen LogP contribution in [0.15, 0.2) is 4.99 Å². The molecule has 0 unspecified atom stereocenters. The number of aliphatic imine (C=N–C) groups is 1. The van der Waals surface area contributed by atoms with Gasteiger partial charge in [-0.1, -0.05) is 6.07 Å². The molecule has 0 aliphatic carbocycles. The first kappa shape index (κ1) is 81.5. The van der Waals surface area contributed by atoms with E-state index in [9.17, 15) is 14.4 Å². The molecule has 0 aromatic rings. The SMILES string of the molecule is CC#N.CC(C)(C)OC(=O)N1CCN([CH-]C#N)CC1.CC(C)(C)OC(=O)N1CCNCC1.CN.CN=[C-]N1CCN(C(=O)OC(C)(C)C)CC1.COC.O=S(=O)=O.[CH-]=O.[H-].[Na+].[W].[W].[W]. The normalized spacial score (nSPS) is 13.9. The summed E-state index contributed by atoms with van der Waals surface area (Å²) in [6, 6.07) is 3.74. The number of carbonyl (C=O) groups excluding carboxylic acids is 4. The van der Waals surface area contributed by atoms with E-state index in [-0.39, 0.29) is 118 Å². The molecule has 63 heavy (non-hydrogen) atoms. The van der Waals surface area contributed by atoms with Crippen LogP contribution in [0.4, 0.5) is 14.4 Å². The quantitative estimate of drug-likeness (QED) is 0.0866. The summed E-state index contributed by atoms with van der Waals surface area (Å²) in [5.41, 5.74) is 3.24. The van der Waals surface area contributed by atoms with Crippen LogP contribution in [-0.4, -0.2) is 192 Å². The molecule has 3 heterocycles. The van der Waals surface area contributed by atoms with Gasteiger partial charge in [0.25, 0.3) is 0 Å². The van der Waals surface area contributed by atoms with E-state index in [1.54, 1.807) is 42.0 Å². The summed E-state index contributed by atoms with van der Waals surface area (Å²) >= 11 is 0. The summed E-state index contributed by atoms with van der Waals surface area (Å²) in [7, 11) is 3.33. The number of hydrogen-bond acceptors (Lipinski definition) is 17. The third kappa shape index (κ3) is 58.3. The van der Waals surface area contributed by atoms with Gasteiger partial charge in [-0.3, -0.25) is 13.1 Å². The third-order valence-corrected chi connectivity index (χ3v) is 6.15. The van der Waals surface area contributed by atoms with Gasteiger partial charge in [-0.2, -0.15) is 5.26 Å². The van der Waals surface area contributed by atoms with E-state index >= 15 is 0 Å². The van der Waals surface area contributed by atoms with Crippen LogP contribution in [0.3, 0.4) is 0 Å². The van der Waals surface area contributed by atoms with Gasteiger partial charge in [0.2, 0.25) is 0 Å². The number of nitrogens with one attached hydrogen (secondary N) is 1. The molecule has 3 N–H and O–H groups in total. The van der Waals surface area contributed by atoms with Gasteiger partial charge in [-0.15, -0.1) is 12.6 Å². The number of piperazine rings is 3. The first-order valence-electron chi connectivity index (χ1n) is 18.4. The Kier molecular flexibility index (Phi) is 64.4. The van der Waals surface area contributed by atoms with Crippen LogP contribution in [0.1, 0.15) is 70.7 Å². The third-order valence-electron chi connectivity index (χ3n) is 6.15. The molecule has 3 aliphatic rings. The fourth-order valence-electron chi connectivity index (χ4n) is 4.07. The second-order valence-corrected chi connectivity index (χ2v) is 15.0. The summed E-state index contributed by atoms with van der Waals surface area (Å²) in [6.07, 6.45) is 2.16. The average molecular weight is 1440 g/mol. The fraction of sp³-hybridized carbons (Fsp3) is 0.784. The van der Waals surface area contributed by atoms with Crippen molar-refractivity contribution < 1.29 is 145 Å². The molecule has 3 fully saturated rings. The van der Waals surface area contributed by atoms with Crippen molar-refractivity contribution >= 4 is 42.0 Å². The number of rotatable bonds is 2. The van der Waals surface area contributed by atoms with Gasteiger partial charge in [0.05, 0.1) is 6.07 Å². The van der Waals surface area contributed by atoms with E-state index in [0.29, 0.717) is 39.3 Å². The minimum Gasteiger partial charge on any atom is -1.00 e. The van der Waals surface area contributed by atoms with Crippen molar-refractivity contribution in [3.8, 4) is 12.1 Å². The van der Waals surface area contributed by atoms with Gasteiger partial charge in [0.1, 0.15) is 16.8 Å². The van der Waals surface area contributed by atoms with Gasteiger partial charge in [0, 0.05) is 150 Å². The van der Waals surface area contributed by atoms with Gasteiger partial charge in [-0.25, -0.2) is 26.2 Å². The first-order chi connectivity index (χ1) is 27.4. The van der Waals surface area contributed by atoms with E-state index in [1.807, 2.05) is 78.2 Å². The van der Waals surface area contributed by atoms with Crippen molar-refractivity contribution in [2.45, 2.75) is 86.0 Å². The van der Waals surface area contributed by atoms with Gasteiger partial charge < -0.3 is 65.7 Å². The van der Waals surface area contributed by atoms with E-state index in [4.69, 9.17) is 42.2 Å². The van der Waals surface area contributed by atoms with Crippen LogP contribution >= 0.6 is 0 Å². The Morgan fingerprint density at radius 1 is 0.698 bits per heavy atom. The molecule has 0 saturated carbocycles. The Morgan fingerprint density at radius 2 is 0.952 bits per heavy atom. The molecule has 0 radical (unpaired) electrons. The molecule has 21 nitrogen and oxygen atoms in total. The Bertz CT molecular complexity index is 1340. The summed E-state index contributed by atoms with van der Waals surface area (Å²) in [4.78, 5) is 55.5. The summed E-state index contributed by atoms with van der Waals surface area (Å²) < 4.78 is 45.4. The number of nitrogens with zero attached hydrogens (tertiary/aromatic N) is 8. The number of carbonyl (C=O) groups is 3.